The maximum atomic E-state index is 13.8. The maximum absolute atomic E-state index is 13.8. The van der Waals surface area contributed by atoms with Gasteiger partial charge in [0, 0.05) is 25.7 Å². The van der Waals surface area contributed by atoms with Crippen molar-refractivity contribution in [2.75, 3.05) is 13.6 Å². The van der Waals surface area contributed by atoms with E-state index in [4.69, 9.17) is 5.73 Å². The first kappa shape index (κ1) is 17.1. The molecule has 0 aliphatic carbocycles. The SMILES string of the molecule is Cc1c(F)cc(CN)cc1S(=O)(=O)N(C)CC(C)(C)C. The van der Waals surface area contributed by atoms with Crippen molar-refractivity contribution in [3.05, 3.63) is 29.1 Å². The summed E-state index contributed by atoms with van der Waals surface area (Å²) in [5.41, 5.74) is 5.90. The number of rotatable bonds is 4. The molecule has 0 unspecified atom stereocenters. The Morgan fingerprint density at radius 3 is 2.30 bits per heavy atom. The van der Waals surface area contributed by atoms with Gasteiger partial charge in [-0.2, -0.15) is 0 Å². The highest BCUT2D eigenvalue weighted by molar-refractivity contribution is 7.89. The van der Waals surface area contributed by atoms with Crippen molar-refractivity contribution in [2.45, 2.75) is 39.1 Å². The molecule has 1 aromatic rings. The van der Waals surface area contributed by atoms with Crippen LogP contribution in [0.4, 0.5) is 4.39 Å². The van der Waals surface area contributed by atoms with Gasteiger partial charge in [0.25, 0.3) is 0 Å². The molecule has 0 heterocycles. The first-order chi connectivity index (χ1) is 8.99. The number of nitrogens with zero attached hydrogens (tertiary/aromatic N) is 1. The van der Waals surface area contributed by atoms with Crippen molar-refractivity contribution >= 4 is 10.0 Å². The van der Waals surface area contributed by atoms with E-state index in [-0.39, 0.29) is 22.4 Å². The Labute approximate surface area is 120 Å². The van der Waals surface area contributed by atoms with Crippen LogP contribution in [-0.4, -0.2) is 26.3 Å². The van der Waals surface area contributed by atoms with E-state index >= 15 is 0 Å². The molecule has 0 amide bonds. The zero-order chi connectivity index (χ0) is 15.7. The average molecular weight is 302 g/mol. The van der Waals surface area contributed by atoms with E-state index in [1.807, 2.05) is 20.8 Å². The van der Waals surface area contributed by atoms with E-state index in [2.05, 4.69) is 0 Å². The van der Waals surface area contributed by atoms with Gasteiger partial charge in [0.1, 0.15) is 5.82 Å². The zero-order valence-corrected chi connectivity index (χ0v) is 13.5. The van der Waals surface area contributed by atoms with Crippen molar-refractivity contribution < 1.29 is 12.8 Å². The molecule has 0 atom stereocenters. The Bertz CT molecular complexity index is 592. The van der Waals surface area contributed by atoms with Gasteiger partial charge in [-0.15, -0.1) is 0 Å². The van der Waals surface area contributed by atoms with Crippen LogP contribution >= 0.6 is 0 Å². The molecule has 0 spiro atoms. The highest BCUT2D eigenvalue weighted by atomic mass is 32.2. The van der Waals surface area contributed by atoms with E-state index < -0.39 is 15.8 Å². The van der Waals surface area contributed by atoms with E-state index in [0.717, 1.165) is 0 Å². The minimum absolute atomic E-state index is 0.00954. The third-order valence-electron chi connectivity index (χ3n) is 2.98. The summed E-state index contributed by atoms with van der Waals surface area (Å²) >= 11 is 0. The van der Waals surface area contributed by atoms with Gasteiger partial charge < -0.3 is 5.73 Å². The Balaban J connectivity index is 3.32. The Kier molecular flexibility index (Phi) is 4.94. The highest BCUT2D eigenvalue weighted by Crippen LogP contribution is 2.25. The normalized spacial score (nSPS) is 13.0. The second kappa shape index (κ2) is 5.79. The summed E-state index contributed by atoms with van der Waals surface area (Å²) in [6, 6.07) is 2.73. The Morgan fingerprint density at radius 1 is 1.30 bits per heavy atom. The maximum Gasteiger partial charge on any atom is 0.243 e. The molecule has 0 aliphatic rings. The molecule has 0 saturated carbocycles. The van der Waals surface area contributed by atoms with Crippen LogP contribution in [0, 0.1) is 18.2 Å². The minimum Gasteiger partial charge on any atom is -0.326 e. The molecule has 0 radical (unpaired) electrons. The van der Waals surface area contributed by atoms with Crippen molar-refractivity contribution in [1.82, 2.24) is 4.31 Å². The molecule has 1 aromatic carbocycles. The second-order valence-corrected chi connectivity index (χ2v) is 8.24. The summed E-state index contributed by atoms with van der Waals surface area (Å²) in [5, 5.41) is 0. The molecular formula is C14H23FN2O2S. The number of nitrogens with two attached hydrogens (primary N) is 1. The number of hydrogen-bond acceptors (Lipinski definition) is 3. The fourth-order valence-electron chi connectivity index (χ4n) is 2.01. The Hall–Kier alpha value is -0.980. The quantitative estimate of drug-likeness (QED) is 0.928. The lowest BCUT2D eigenvalue weighted by molar-refractivity contribution is 0.310. The molecule has 4 nitrogen and oxygen atoms in total. The molecule has 0 fully saturated rings. The number of benzene rings is 1. The van der Waals surface area contributed by atoms with Gasteiger partial charge in [-0.3, -0.25) is 0 Å². The Morgan fingerprint density at radius 2 is 1.85 bits per heavy atom. The van der Waals surface area contributed by atoms with Gasteiger partial charge in [0.15, 0.2) is 0 Å². The predicted molar refractivity (Wildman–Crippen MR) is 78.3 cm³/mol. The molecular weight excluding hydrogens is 279 g/mol. The lowest BCUT2D eigenvalue weighted by Gasteiger charge is -2.26. The van der Waals surface area contributed by atoms with Crippen LogP contribution in [0.2, 0.25) is 0 Å². The summed E-state index contributed by atoms with van der Waals surface area (Å²) in [6.45, 7) is 7.76. The van der Waals surface area contributed by atoms with Crippen LogP contribution < -0.4 is 5.73 Å². The van der Waals surface area contributed by atoms with Crippen molar-refractivity contribution in [3.63, 3.8) is 0 Å². The molecule has 114 valence electrons. The number of sulfonamides is 1. The van der Waals surface area contributed by atoms with Gasteiger partial charge in [-0.05, 0) is 30.0 Å². The smallest absolute Gasteiger partial charge is 0.243 e. The molecule has 2 N–H and O–H groups in total. The van der Waals surface area contributed by atoms with Crippen LogP contribution in [-0.2, 0) is 16.6 Å². The van der Waals surface area contributed by atoms with Crippen molar-refractivity contribution in [2.24, 2.45) is 11.1 Å². The molecule has 20 heavy (non-hydrogen) atoms. The monoisotopic (exact) mass is 302 g/mol. The van der Waals surface area contributed by atoms with Crippen molar-refractivity contribution in [3.8, 4) is 0 Å². The molecule has 6 heteroatoms. The first-order valence-corrected chi connectivity index (χ1v) is 7.88. The second-order valence-electron chi connectivity index (χ2n) is 6.23. The summed E-state index contributed by atoms with van der Waals surface area (Å²) in [5.74, 6) is -0.546. The fraction of sp³-hybridized carbons (Fsp3) is 0.571. The van der Waals surface area contributed by atoms with Crippen LogP contribution in [0.25, 0.3) is 0 Å². The van der Waals surface area contributed by atoms with Crippen LogP contribution in [0.5, 0.6) is 0 Å². The highest BCUT2D eigenvalue weighted by Gasteiger charge is 2.28. The van der Waals surface area contributed by atoms with Crippen LogP contribution in [0.3, 0.4) is 0 Å². The lowest BCUT2D eigenvalue weighted by Crippen LogP contribution is -2.35. The fourth-order valence-corrected chi connectivity index (χ4v) is 3.69. The standard InChI is InChI=1S/C14H23FN2O2S/c1-10-12(15)6-11(8-16)7-13(10)20(18,19)17(5)9-14(2,3)4/h6-7H,8-9,16H2,1-5H3. The third kappa shape index (κ3) is 3.77. The van der Waals surface area contributed by atoms with Gasteiger partial charge >= 0.3 is 0 Å². The van der Waals surface area contributed by atoms with E-state index in [1.165, 1.54) is 30.4 Å². The lowest BCUT2D eigenvalue weighted by atomic mass is 9.97. The summed E-state index contributed by atoms with van der Waals surface area (Å²) in [7, 11) is -2.21. The van der Waals surface area contributed by atoms with Crippen LogP contribution in [0.15, 0.2) is 17.0 Å². The van der Waals surface area contributed by atoms with Crippen molar-refractivity contribution in [1.29, 1.82) is 0 Å². The summed E-state index contributed by atoms with van der Waals surface area (Å²) < 4.78 is 40.2. The summed E-state index contributed by atoms with van der Waals surface area (Å²) in [6.07, 6.45) is 0. The molecule has 0 saturated heterocycles. The first-order valence-electron chi connectivity index (χ1n) is 6.44. The predicted octanol–water partition coefficient (Wildman–Crippen LogP) is 2.26. The minimum atomic E-state index is -3.72. The number of halogens is 1. The molecule has 0 bridgehead atoms. The topological polar surface area (TPSA) is 63.4 Å². The van der Waals surface area contributed by atoms with Crippen LogP contribution in [0.1, 0.15) is 31.9 Å². The summed E-state index contributed by atoms with van der Waals surface area (Å²) in [4.78, 5) is -0.00954. The third-order valence-corrected chi connectivity index (χ3v) is 4.91. The van der Waals surface area contributed by atoms with E-state index in [9.17, 15) is 12.8 Å². The van der Waals surface area contributed by atoms with Gasteiger partial charge in [-0.1, -0.05) is 20.8 Å². The molecule has 0 aliphatic heterocycles. The van der Waals surface area contributed by atoms with Gasteiger partial charge in [0.05, 0.1) is 4.90 Å². The average Bonchev–Trinajstić information content (AvgIpc) is 2.29. The van der Waals surface area contributed by atoms with Gasteiger partial charge in [-0.25, -0.2) is 17.1 Å². The van der Waals surface area contributed by atoms with Gasteiger partial charge in [0.2, 0.25) is 10.0 Å². The molecule has 0 aromatic heterocycles. The molecule has 1 rings (SSSR count). The van der Waals surface area contributed by atoms with E-state index in [0.29, 0.717) is 12.1 Å². The number of hydrogen-bond donors (Lipinski definition) is 1. The zero-order valence-electron chi connectivity index (χ0n) is 12.7. The van der Waals surface area contributed by atoms with E-state index in [1.54, 1.807) is 0 Å². The largest absolute Gasteiger partial charge is 0.326 e.